The molecule has 19 heavy (non-hydrogen) atoms. The van der Waals surface area contributed by atoms with E-state index in [9.17, 15) is 13.2 Å². The summed E-state index contributed by atoms with van der Waals surface area (Å²) < 4.78 is 25.9. The molecule has 0 aliphatic heterocycles. The monoisotopic (exact) mass is 296 g/mol. The third-order valence-electron chi connectivity index (χ3n) is 2.49. The van der Waals surface area contributed by atoms with Gasteiger partial charge in [0.2, 0.25) is 0 Å². The zero-order valence-electron chi connectivity index (χ0n) is 12.1. The van der Waals surface area contributed by atoms with Gasteiger partial charge in [0, 0.05) is 6.42 Å². The molecule has 0 aromatic heterocycles. The Balaban J connectivity index is 0. The van der Waals surface area contributed by atoms with Crippen LogP contribution in [-0.2, 0) is 14.9 Å². The summed E-state index contributed by atoms with van der Waals surface area (Å²) in [5.74, 6) is -0.659. The zero-order valence-corrected chi connectivity index (χ0v) is 12.9. The maximum atomic E-state index is 10.2. The Labute approximate surface area is 117 Å². The number of hydrogen-bond donors (Lipinski definition) is 2. The molecule has 0 radical (unpaired) electrons. The number of unbranched alkanes of at least 4 members (excludes halogenated alkanes) is 8. The molecule has 0 heterocycles. The highest BCUT2D eigenvalue weighted by atomic mass is 32.2. The van der Waals surface area contributed by atoms with Crippen LogP contribution in [0.5, 0.6) is 0 Å². The number of rotatable bonds is 10. The van der Waals surface area contributed by atoms with Crippen molar-refractivity contribution in [3.8, 4) is 0 Å². The summed E-state index contributed by atoms with van der Waals surface area (Å²) in [4.78, 5) is 10.2. The average molecular weight is 296 g/mol. The topological polar surface area (TPSA) is 91.7 Å². The summed E-state index contributed by atoms with van der Waals surface area (Å²) in [7, 11) is -3.67. The Morgan fingerprint density at radius 3 is 1.53 bits per heavy atom. The molecular weight excluding hydrogens is 268 g/mol. The van der Waals surface area contributed by atoms with E-state index in [1.54, 1.807) is 0 Å². The Morgan fingerprint density at radius 1 is 0.895 bits per heavy atom. The zero-order chi connectivity index (χ0) is 15.1. The first-order valence-electron chi connectivity index (χ1n) is 6.91. The van der Waals surface area contributed by atoms with Crippen LogP contribution >= 0.6 is 0 Å². The van der Waals surface area contributed by atoms with Crippen molar-refractivity contribution in [3.63, 3.8) is 0 Å². The smallest absolute Gasteiger partial charge is 0.303 e. The van der Waals surface area contributed by atoms with Crippen LogP contribution in [0.2, 0.25) is 0 Å². The lowest BCUT2D eigenvalue weighted by Gasteiger charge is -2.00. The molecule has 0 aromatic carbocycles. The van der Waals surface area contributed by atoms with Crippen molar-refractivity contribution in [1.29, 1.82) is 0 Å². The van der Waals surface area contributed by atoms with Gasteiger partial charge in [-0.05, 0) is 6.42 Å². The molecule has 2 N–H and O–H groups in total. The van der Waals surface area contributed by atoms with Crippen molar-refractivity contribution in [3.05, 3.63) is 0 Å². The summed E-state index contributed by atoms with van der Waals surface area (Å²) in [5.41, 5.74) is 0. The SMILES string of the molecule is CCCCCCCCCCCC(=O)O.CS(=O)(=O)O. The highest BCUT2D eigenvalue weighted by Crippen LogP contribution is 2.10. The van der Waals surface area contributed by atoms with Gasteiger partial charge in [0.05, 0.1) is 6.26 Å². The Hall–Kier alpha value is -0.620. The van der Waals surface area contributed by atoms with Crippen LogP contribution in [0.3, 0.4) is 0 Å². The van der Waals surface area contributed by atoms with Gasteiger partial charge in [0.25, 0.3) is 10.1 Å². The van der Waals surface area contributed by atoms with Crippen LogP contribution in [0.1, 0.15) is 71.1 Å². The molecule has 0 amide bonds. The molecule has 0 aliphatic carbocycles. The normalized spacial score (nSPS) is 10.7. The fraction of sp³-hybridized carbons (Fsp3) is 0.923. The third-order valence-corrected chi connectivity index (χ3v) is 2.49. The van der Waals surface area contributed by atoms with E-state index < -0.39 is 16.1 Å². The first-order chi connectivity index (χ1) is 8.77. The minimum absolute atomic E-state index is 0.343. The van der Waals surface area contributed by atoms with Crippen molar-refractivity contribution in [1.82, 2.24) is 0 Å². The van der Waals surface area contributed by atoms with Crippen molar-refractivity contribution in [2.45, 2.75) is 71.1 Å². The average Bonchev–Trinajstić information content (AvgIpc) is 2.24. The van der Waals surface area contributed by atoms with Gasteiger partial charge in [-0.2, -0.15) is 8.42 Å². The molecule has 0 aromatic rings. The van der Waals surface area contributed by atoms with Crippen molar-refractivity contribution < 1.29 is 22.9 Å². The molecular formula is C13H28O5S. The van der Waals surface area contributed by atoms with E-state index in [2.05, 4.69) is 6.92 Å². The second kappa shape index (κ2) is 13.8. The maximum Gasteiger partial charge on any atom is 0.303 e. The predicted octanol–water partition coefficient (Wildman–Crippen LogP) is 3.50. The van der Waals surface area contributed by atoms with Gasteiger partial charge in [0.15, 0.2) is 0 Å². The number of aliphatic carboxylic acids is 1. The summed E-state index contributed by atoms with van der Waals surface area (Å²) in [6, 6.07) is 0. The Kier molecular flexibility index (Phi) is 15.0. The second-order valence-electron chi connectivity index (χ2n) is 4.71. The molecule has 0 saturated heterocycles. The number of carboxylic acid groups (broad SMARTS) is 1. The quantitative estimate of drug-likeness (QED) is 0.475. The van der Waals surface area contributed by atoms with Gasteiger partial charge in [0.1, 0.15) is 0 Å². The van der Waals surface area contributed by atoms with Crippen LogP contribution in [0.25, 0.3) is 0 Å². The van der Waals surface area contributed by atoms with Crippen LogP contribution in [0.15, 0.2) is 0 Å². The van der Waals surface area contributed by atoms with E-state index in [4.69, 9.17) is 9.66 Å². The lowest BCUT2D eigenvalue weighted by atomic mass is 10.1. The van der Waals surface area contributed by atoms with E-state index in [0.29, 0.717) is 12.7 Å². The van der Waals surface area contributed by atoms with Gasteiger partial charge in [-0.3, -0.25) is 9.35 Å². The Bertz CT molecular complexity index is 290. The molecule has 0 saturated carbocycles. The van der Waals surface area contributed by atoms with Gasteiger partial charge in [-0.15, -0.1) is 0 Å². The van der Waals surface area contributed by atoms with Crippen LogP contribution in [-0.4, -0.2) is 30.3 Å². The fourth-order valence-electron chi connectivity index (χ4n) is 1.59. The first-order valence-corrected chi connectivity index (χ1v) is 8.76. The lowest BCUT2D eigenvalue weighted by Crippen LogP contribution is -1.93. The number of carboxylic acids is 1. The molecule has 116 valence electrons. The number of carbonyl (C=O) groups is 1. The van der Waals surface area contributed by atoms with E-state index in [1.807, 2.05) is 0 Å². The number of hydrogen-bond acceptors (Lipinski definition) is 3. The molecule has 0 rings (SSSR count). The molecule has 0 unspecified atom stereocenters. The maximum absolute atomic E-state index is 10.2. The second-order valence-corrected chi connectivity index (χ2v) is 6.17. The minimum atomic E-state index is -3.67. The van der Waals surface area contributed by atoms with Crippen molar-refractivity contribution in [2.24, 2.45) is 0 Å². The summed E-state index contributed by atoms with van der Waals surface area (Å²) >= 11 is 0. The highest BCUT2D eigenvalue weighted by molar-refractivity contribution is 7.85. The van der Waals surface area contributed by atoms with E-state index >= 15 is 0 Å². The van der Waals surface area contributed by atoms with E-state index in [1.165, 1.54) is 44.9 Å². The van der Waals surface area contributed by atoms with E-state index in [-0.39, 0.29) is 0 Å². The van der Waals surface area contributed by atoms with Gasteiger partial charge in [-0.1, -0.05) is 58.3 Å². The predicted molar refractivity (Wildman–Crippen MR) is 77.0 cm³/mol. The lowest BCUT2D eigenvalue weighted by molar-refractivity contribution is -0.137. The standard InChI is InChI=1S/C12H24O2.CH4O3S/c1-2-3-4-5-6-7-8-9-10-11-12(13)14;1-5(2,3)4/h2-11H2,1H3,(H,13,14);1H3,(H,2,3,4). The minimum Gasteiger partial charge on any atom is -0.481 e. The van der Waals surface area contributed by atoms with Gasteiger partial charge < -0.3 is 5.11 Å². The summed E-state index contributed by atoms with van der Waals surface area (Å²) in [5, 5.41) is 8.41. The van der Waals surface area contributed by atoms with Gasteiger partial charge in [-0.25, -0.2) is 0 Å². The molecule has 0 atom stereocenters. The first kappa shape index (κ1) is 20.7. The van der Waals surface area contributed by atoms with Crippen molar-refractivity contribution >= 4 is 16.1 Å². The van der Waals surface area contributed by atoms with Crippen molar-refractivity contribution in [2.75, 3.05) is 6.26 Å². The molecule has 5 nitrogen and oxygen atoms in total. The fourth-order valence-corrected chi connectivity index (χ4v) is 1.59. The highest BCUT2D eigenvalue weighted by Gasteiger charge is 1.96. The molecule has 0 aliphatic rings. The molecule has 0 fully saturated rings. The van der Waals surface area contributed by atoms with Gasteiger partial charge >= 0.3 is 5.97 Å². The summed E-state index contributed by atoms with van der Waals surface area (Å²) in [6.07, 6.45) is 12.2. The third kappa shape index (κ3) is 38.2. The van der Waals surface area contributed by atoms with E-state index in [0.717, 1.165) is 12.8 Å². The van der Waals surface area contributed by atoms with Crippen LogP contribution < -0.4 is 0 Å². The summed E-state index contributed by atoms with van der Waals surface area (Å²) in [6.45, 7) is 2.23. The molecule has 0 spiro atoms. The Morgan fingerprint density at radius 2 is 1.21 bits per heavy atom. The van der Waals surface area contributed by atoms with Crippen LogP contribution in [0, 0.1) is 0 Å². The molecule has 0 bridgehead atoms. The molecule has 6 heteroatoms. The largest absolute Gasteiger partial charge is 0.481 e. The van der Waals surface area contributed by atoms with Crippen LogP contribution in [0.4, 0.5) is 0 Å².